The minimum Gasteiger partial charge on any atom is -0.466 e. The van der Waals surface area contributed by atoms with E-state index in [1.54, 1.807) is 13.0 Å². The van der Waals surface area contributed by atoms with Crippen LogP contribution in [0.4, 0.5) is 0 Å². The third-order valence-corrected chi connectivity index (χ3v) is 3.86. The van der Waals surface area contributed by atoms with E-state index >= 15 is 0 Å². The van der Waals surface area contributed by atoms with Gasteiger partial charge >= 0.3 is 0 Å². The van der Waals surface area contributed by atoms with E-state index in [0.29, 0.717) is 29.7 Å². The first-order valence-electron chi connectivity index (χ1n) is 6.58. The number of aliphatic hydroxyl groups excluding tert-OH is 1. The lowest BCUT2D eigenvalue weighted by atomic mass is 9.97. The van der Waals surface area contributed by atoms with Gasteiger partial charge in [-0.1, -0.05) is 6.42 Å². The first-order chi connectivity index (χ1) is 8.61. The van der Waals surface area contributed by atoms with Crippen LogP contribution in [0.2, 0.25) is 0 Å². The van der Waals surface area contributed by atoms with Crippen LogP contribution in [-0.2, 0) is 0 Å². The monoisotopic (exact) mass is 251 g/mol. The molecule has 1 aromatic heterocycles. The predicted octanol–water partition coefficient (Wildman–Crippen LogP) is 2.03. The summed E-state index contributed by atoms with van der Waals surface area (Å²) in [6.45, 7) is 4.51. The van der Waals surface area contributed by atoms with Crippen molar-refractivity contribution in [3.8, 4) is 0 Å². The van der Waals surface area contributed by atoms with E-state index < -0.39 is 0 Å². The van der Waals surface area contributed by atoms with E-state index in [1.807, 2.05) is 6.92 Å². The van der Waals surface area contributed by atoms with E-state index in [1.165, 1.54) is 0 Å². The highest BCUT2D eigenvalue weighted by Crippen LogP contribution is 2.30. The summed E-state index contributed by atoms with van der Waals surface area (Å²) in [5.74, 6) is 2.10. The van der Waals surface area contributed by atoms with Crippen LogP contribution < -0.4 is 5.32 Å². The number of hydrogen-bond acceptors (Lipinski definition) is 3. The third kappa shape index (κ3) is 2.75. The van der Waals surface area contributed by atoms with Crippen LogP contribution in [-0.4, -0.2) is 24.2 Å². The molecule has 100 valence electrons. The highest BCUT2D eigenvalue weighted by molar-refractivity contribution is 5.95. The van der Waals surface area contributed by atoms with Crippen molar-refractivity contribution in [1.82, 2.24) is 5.32 Å². The fourth-order valence-electron chi connectivity index (χ4n) is 2.80. The van der Waals surface area contributed by atoms with Crippen LogP contribution >= 0.6 is 0 Å². The van der Waals surface area contributed by atoms with Gasteiger partial charge < -0.3 is 14.8 Å². The smallest absolute Gasteiger partial charge is 0.254 e. The van der Waals surface area contributed by atoms with E-state index in [4.69, 9.17) is 4.42 Å². The summed E-state index contributed by atoms with van der Waals surface area (Å²) >= 11 is 0. The molecule has 1 amide bonds. The van der Waals surface area contributed by atoms with Crippen molar-refractivity contribution in [2.45, 2.75) is 33.1 Å². The largest absolute Gasteiger partial charge is 0.466 e. The Morgan fingerprint density at radius 3 is 2.78 bits per heavy atom. The van der Waals surface area contributed by atoms with E-state index in [0.717, 1.165) is 25.0 Å². The van der Waals surface area contributed by atoms with Gasteiger partial charge in [0.2, 0.25) is 0 Å². The number of amides is 1. The molecule has 0 aromatic carbocycles. The van der Waals surface area contributed by atoms with Gasteiger partial charge in [0.1, 0.15) is 11.5 Å². The number of aryl methyl sites for hydroxylation is 2. The molecule has 1 saturated carbocycles. The molecule has 1 heterocycles. The van der Waals surface area contributed by atoms with Gasteiger partial charge in [0.25, 0.3) is 5.91 Å². The number of aliphatic hydroxyl groups is 1. The van der Waals surface area contributed by atoms with Gasteiger partial charge in [0.05, 0.1) is 5.56 Å². The van der Waals surface area contributed by atoms with Crippen LogP contribution in [0.15, 0.2) is 10.5 Å². The van der Waals surface area contributed by atoms with Crippen LogP contribution in [0, 0.1) is 25.7 Å². The molecule has 0 saturated heterocycles. The number of rotatable bonds is 4. The summed E-state index contributed by atoms with van der Waals surface area (Å²) in [6, 6.07) is 1.77. The Kier molecular flexibility index (Phi) is 4.07. The highest BCUT2D eigenvalue weighted by atomic mass is 16.3. The average molecular weight is 251 g/mol. The number of carbonyl (C=O) groups is 1. The zero-order valence-corrected chi connectivity index (χ0v) is 11.0. The molecule has 4 nitrogen and oxygen atoms in total. The summed E-state index contributed by atoms with van der Waals surface area (Å²) in [6.07, 6.45) is 3.31. The maximum absolute atomic E-state index is 12.0. The summed E-state index contributed by atoms with van der Waals surface area (Å²) < 4.78 is 5.35. The van der Waals surface area contributed by atoms with Gasteiger partial charge in [0.15, 0.2) is 0 Å². The minimum absolute atomic E-state index is 0.0760. The van der Waals surface area contributed by atoms with Crippen molar-refractivity contribution < 1.29 is 14.3 Å². The molecule has 18 heavy (non-hydrogen) atoms. The normalized spacial score (nSPS) is 23.3. The molecule has 1 fully saturated rings. The Balaban J connectivity index is 1.90. The molecule has 1 aromatic rings. The Labute approximate surface area is 107 Å². The number of carbonyl (C=O) groups excluding carboxylic acids is 1. The molecule has 0 bridgehead atoms. The Morgan fingerprint density at radius 2 is 2.17 bits per heavy atom. The lowest BCUT2D eigenvalue weighted by Crippen LogP contribution is -2.31. The molecule has 0 radical (unpaired) electrons. The second-order valence-electron chi connectivity index (χ2n) is 5.17. The molecule has 4 heteroatoms. The minimum atomic E-state index is -0.0760. The summed E-state index contributed by atoms with van der Waals surface area (Å²) in [7, 11) is 0. The first kappa shape index (κ1) is 13.1. The van der Waals surface area contributed by atoms with Gasteiger partial charge in [-0.15, -0.1) is 0 Å². The molecule has 2 unspecified atom stereocenters. The lowest BCUT2D eigenvalue weighted by molar-refractivity contribution is 0.0936. The van der Waals surface area contributed by atoms with Crippen molar-refractivity contribution in [2.24, 2.45) is 11.8 Å². The third-order valence-electron chi connectivity index (χ3n) is 3.86. The maximum Gasteiger partial charge on any atom is 0.254 e. The zero-order chi connectivity index (χ0) is 13.1. The Bertz CT molecular complexity index is 425. The lowest BCUT2D eigenvalue weighted by Gasteiger charge is -2.17. The average Bonchev–Trinajstić information content (AvgIpc) is 2.92. The van der Waals surface area contributed by atoms with Crippen molar-refractivity contribution in [2.75, 3.05) is 13.2 Å². The SMILES string of the molecule is Cc1cc(C(=O)NCC2CCCC2CO)c(C)o1. The second-order valence-corrected chi connectivity index (χ2v) is 5.17. The topological polar surface area (TPSA) is 62.5 Å². The van der Waals surface area contributed by atoms with E-state index in [2.05, 4.69) is 5.32 Å². The summed E-state index contributed by atoms with van der Waals surface area (Å²) in [5, 5.41) is 12.2. The van der Waals surface area contributed by atoms with E-state index in [9.17, 15) is 9.90 Å². The predicted molar refractivity (Wildman–Crippen MR) is 68.4 cm³/mol. The fourth-order valence-corrected chi connectivity index (χ4v) is 2.80. The van der Waals surface area contributed by atoms with Crippen molar-refractivity contribution in [3.05, 3.63) is 23.2 Å². The molecule has 0 spiro atoms. The number of hydrogen-bond donors (Lipinski definition) is 2. The molecule has 1 aliphatic rings. The Morgan fingerprint density at radius 1 is 1.44 bits per heavy atom. The van der Waals surface area contributed by atoms with Crippen molar-refractivity contribution in [1.29, 1.82) is 0 Å². The van der Waals surface area contributed by atoms with Crippen molar-refractivity contribution >= 4 is 5.91 Å². The molecule has 2 atom stereocenters. The molecule has 2 rings (SSSR count). The fraction of sp³-hybridized carbons (Fsp3) is 0.643. The number of furan rings is 1. The Hall–Kier alpha value is -1.29. The summed E-state index contributed by atoms with van der Waals surface area (Å²) in [4.78, 5) is 12.0. The van der Waals surface area contributed by atoms with Crippen LogP contribution in [0.5, 0.6) is 0 Å². The van der Waals surface area contributed by atoms with Crippen molar-refractivity contribution in [3.63, 3.8) is 0 Å². The number of nitrogens with one attached hydrogen (secondary N) is 1. The van der Waals surface area contributed by atoms with Crippen LogP contribution in [0.3, 0.4) is 0 Å². The maximum atomic E-state index is 12.0. The van der Waals surface area contributed by atoms with Gasteiger partial charge in [-0.3, -0.25) is 4.79 Å². The molecular weight excluding hydrogens is 230 g/mol. The highest BCUT2D eigenvalue weighted by Gasteiger charge is 2.27. The molecule has 1 aliphatic carbocycles. The first-order valence-corrected chi connectivity index (χ1v) is 6.58. The second kappa shape index (κ2) is 5.57. The van der Waals surface area contributed by atoms with Gasteiger partial charge in [-0.25, -0.2) is 0 Å². The molecule has 0 aliphatic heterocycles. The van der Waals surface area contributed by atoms with Gasteiger partial charge in [0, 0.05) is 13.2 Å². The zero-order valence-electron chi connectivity index (χ0n) is 11.0. The summed E-state index contributed by atoms with van der Waals surface area (Å²) in [5.41, 5.74) is 0.617. The van der Waals surface area contributed by atoms with E-state index in [-0.39, 0.29) is 12.5 Å². The quantitative estimate of drug-likeness (QED) is 0.860. The van der Waals surface area contributed by atoms with Gasteiger partial charge in [-0.05, 0) is 44.6 Å². The van der Waals surface area contributed by atoms with Crippen LogP contribution in [0.25, 0.3) is 0 Å². The molecule has 2 N–H and O–H groups in total. The van der Waals surface area contributed by atoms with Crippen LogP contribution in [0.1, 0.15) is 41.1 Å². The standard InChI is InChI=1S/C14H21NO3/c1-9-6-13(10(2)18-9)14(17)15-7-11-4-3-5-12(11)8-16/h6,11-12,16H,3-5,7-8H2,1-2H3,(H,15,17). The molecular formula is C14H21NO3. The van der Waals surface area contributed by atoms with Gasteiger partial charge in [-0.2, -0.15) is 0 Å².